The van der Waals surface area contributed by atoms with Crippen LogP contribution in [0.5, 0.6) is 5.75 Å². The zero-order valence-corrected chi connectivity index (χ0v) is 12.9. The number of fused-ring (bicyclic) bond motifs is 1. The van der Waals surface area contributed by atoms with Gasteiger partial charge in [0.15, 0.2) is 0 Å². The highest BCUT2D eigenvalue weighted by atomic mass is 35.5. The zero-order valence-electron chi connectivity index (χ0n) is 12.2. The summed E-state index contributed by atoms with van der Waals surface area (Å²) in [6.07, 6.45) is 6.23. The van der Waals surface area contributed by atoms with Gasteiger partial charge in [-0.1, -0.05) is 23.8 Å². The lowest BCUT2D eigenvalue weighted by Crippen LogP contribution is -2.38. The van der Waals surface area contributed by atoms with Gasteiger partial charge in [0, 0.05) is 0 Å². The number of anilines is 1. The Balaban J connectivity index is 1.73. The maximum atomic E-state index is 12.8. The van der Waals surface area contributed by atoms with Gasteiger partial charge in [-0.15, -0.1) is 0 Å². The lowest BCUT2D eigenvalue weighted by Gasteiger charge is -2.38. The van der Waals surface area contributed by atoms with E-state index in [9.17, 15) is 9.59 Å². The molecule has 0 unspecified atom stereocenters. The summed E-state index contributed by atoms with van der Waals surface area (Å²) in [4.78, 5) is 26.9. The van der Waals surface area contributed by atoms with Crippen molar-refractivity contribution in [3.8, 4) is 5.75 Å². The van der Waals surface area contributed by atoms with Gasteiger partial charge in [-0.3, -0.25) is 9.59 Å². The fourth-order valence-electron chi connectivity index (χ4n) is 4.12. The second-order valence-corrected chi connectivity index (χ2v) is 6.58. The maximum absolute atomic E-state index is 12.8. The highest BCUT2D eigenvalue weighted by Crippen LogP contribution is 2.50. The van der Waals surface area contributed by atoms with Crippen LogP contribution in [0.15, 0.2) is 30.4 Å². The van der Waals surface area contributed by atoms with E-state index in [1.165, 1.54) is 12.0 Å². The SMILES string of the molecule is COc1ccc(N2C(=O)[C@@H]3[C@H](C2=O)[C@@H]2C=C[C@H]3CC2)cc1Cl. The van der Waals surface area contributed by atoms with Gasteiger partial charge in [-0.05, 0) is 42.9 Å². The first-order valence-electron chi connectivity index (χ1n) is 7.51. The Bertz CT molecular complexity index is 667. The molecule has 3 aliphatic carbocycles. The molecule has 4 nitrogen and oxygen atoms in total. The number of rotatable bonds is 2. The van der Waals surface area contributed by atoms with Crippen LogP contribution in [0, 0.1) is 23.7 Å². The Hall–Kier alpha value is -1.81. The second-order valence-electron chi connectivity index (χ2n) is 6.17. The van der Waals surface area contributed by atoms with Crippen LogP contribution >= 0.6 is 11.6 Å². The Morgan fingerprint density at radius 1 is 1.09 bits per heavy atom. The molecule has 2 amide bonds. The van der Waals surface area contributed by atoms with Crippen molar-refractivity contribution in [2.75, 3.05) is 12.0 Å². The summed E-state index contributed by atoms with van der Waals surface area (Å²) in [6.45, 7) is 0. The van der Waals surface area contributed by atoms with E-state index in [1.807, 2.05) is 0 Å². The lowest BCUT2D eigenvalue weighted by molar-refractivity contribution is -0.124. The summed E-state index contributed by atoms with van der Waals surface area (Å²) < 4.78 is 5.12. The maximum Gasteiger partial charge on any atom is 0.238 e. The number of halogens is 1. The summed E-state index contributed by atoms with van der Waals surface area (Å²) in [7, 11) is 1.53. The molecule has 1 heterocycles. The number of benzene rings is 1. The molecule has 2 fully saturated rings. The Labute approximate surface area is 133 Å². The minimum Gasteiger partial charge on any atom is -0.495 e. The molecule has 1 saturated heterocycles. The molecule has 2 bridgehead atoms. The van der Waals surface area contributed by atoms with Crippen LogP contribution in [-0.2, 0) is 9.59 Å². The minimum absolute atomic E-state index is 0.0877. The van der Waals surface area contributed by atoms with Crippen LogP contribution in [0.1, 0.15) is 12.8 Å². The standard InChI is InChI=1S/C17H16ClNO3/c1-22-13-7-6-11(8-12(13)18)19-16(20)14-9-2-3-10(5-4-9)15(14)17(19)21/h2-3,6-10,14-15H,4-5H2,1H3/t9-,10+,14-,15+. The molecule has 4 aliphatic rings. The first kappa shape index (κ1) is 13.8. The van der Waals surface area contributed by atoms with E-state index < -0.39 is 0 Å². The third-order valence-electron chi connectivity index (χ3n) is 5.15. The molecule has 0 N–H and O–H groups in total. The molecule has 1 aromatic carbocycles. The molecule has 0 aromatic heterocycles. The number of ether oxygens (including phenoxy) is 1. The highest BCUT2D eigenvalue weighted by Gasteiger charge is 2.56. The predicted octanol–water partition coefficient (Wildman–Crippen LogP) is 3.05. The number of allylic oxidation sites excluding steroid dienone is 2. The molecule has 1 aliphatic heterocycles. The molecule has 5 heteroatoms. The van der Waals surface area contributed by atoms with Crippen LogP contribution in [0.3, 0.4) is 0 Å². The average molecular weight is 318 g/mol. The van der Waals surface area contributed by atoms with Crippen molar-refractivity contribution >= 4 is 29.1 Å². The highest BCUT2D eigenvalue weighted by molar-refractivity contribution is 6.33. The smallest absolute Gasteiger partial charge is 0.238 e. The van der Waals surface area contributed by atoms with Gasteiger partial charge in [0.05, 0.1) is 29.7 Å². The van der Waals surface area contributed by atoms with Gasteiger partial charge < -0.3 is 4.74 Å². The number of amides is 2. The number of nitrogens with zero attached hydrogens (tertiary/aromatic N) is 1. The lowest BCUT2D eigenvalue weighted by atomic mass is 9.63. The molecular formula is C17H16ClNO3. The van der Waals surface area contributed by atoms with Gasteiger partial charge in [-0.25, -0.2) is 4.90 Å². The monoisotopic (exact) mass is 317 g/mol. The Morgan fingerprint density at radius 2 is 1.68 bits per heavy atom. The van der Waals surface area contributed by atoms with Crippen molar-refractivity contribution < 1.29 is 14.3 Å². The number of hydrogen-bond acceptors (Lipinski definition) is 3. The van der Waals surface area contributed by atoms with E-state index in [4.69, 9.17) is 16.3 Å². The molecule has 22 heavy (non-hydrogen) atoms. The summed E-state index contributed by atoms with van der Waals surface area (Å²) in [6, 6.07) is 5.03. The summed E-state index contributed by atoms with van der Waals surface area (Å²) in [5.41, 5.74) is 0.537. The third kappa shape index (κ3) is 1.76. The number of carbonyl (C=O) groups is 2. The molecule has 1 saturated carbocycles. The van der Waals surface area contributed by atoms with Gasteiger partial charge in [0.2, 0.25) is 11.8 Å². The topological polar surface area (TPSA) is 46.6 Å². The van der Waals surface area contributed by atoms with E-state index in [-0.39, 0.29) is 35.5 Å². The quantitative estimate of drug-likeness (QED) is 0.622. The van der Waals surface area contributed by atoms with Crippen LogP contribution in [0.4, 0.5) is 5.69 Å². The molecule has 5 rings (SSSR count). The molecule has 0 spiro atoms. The molecule has 4 atom stereocenters. The largest absolute Gasteiger partial charge is 0.495 e. The number of imide groups is 1. The number of methoxy groups -OCH3 is 1. The van der Waals surface area contributed by atoms with E-state index in [1.54, 1.807) is 18.2 Å². The zero-order chi connectivity index (χ0) is 15.4. The predicted molar refractivity (Wildman–Crippen MR) is 82.8 cm³/mol. The van der Waals surface area contributed by atoms with Crippen LogP contribution < -0.4 is 9.64 Å². The van der Waals surface area contributed by atoms with Crippen LogP contribution in [-0.4, -0.2) is 18.9 Å². The van der Waals surface area contributed by atoms with Gasteiger partial charge >= 0.3 is 0 Å². The van der Waals surface area contributed by atoms with Crippen molar-refractivity contribution in [1.82, 2.24) is 0 Å². The Kier molecular flexibility index (Phi) is 3.05. The van der Waals surface area contributed by atoms with E-state index in [2.05, 4.69) is 12.2 Å². The van der Waals surface area contributed by atoms with Crippen molar-refractivity contribution in [3.05, 3.63) is 35.4 Å². The summed E-state index contributed by atoms with van der Waals surface area (Å²) in [5, 5.41) is 0.400. The van der Waals surface area contributed by atoms with E-state index >= 15 is 0 Å². The van der Waals surface area contributed by atoms with Gasteiger partial charge in [-0.2, -0.15) is 0 Å². The number of carbonyl (C=O) groups excluding carboxylic acids is 2. The average Bonchev–Trinajstić information content (AvgIpc) is 2.82. The van der Waals surface area contributed by atoms with Gasteiger partial charge in [0.25, 0.3) is 0 Å². The molecular weight excluding hydrogens is 302 g/mol. The van der Waals surface area contributed by atoms with Crippen LogP contribution in [0.25, 0.3) is 0 Å². The van der Waals surface area contributed by atoms with E-state index in [0.29, 0.717) is 16.5 Å². The Morgan fingerprint density at radius 3 is 2.14 bits per heavy atom. The van der Waals surface area contributed by atoms with Gasteiger partial charge in [0.1, 0.15) is 5.75 Å². The van der Waals surface area contributed by atoms with Crippen molar-refractivity contribution in [1.29, 1.82) is 0 Å². The first-order valence-corrected chi connectivity index (χ1v) is 7.89. The second kappa shape index (κ2) is 4.85. The normalized spacial score (nSPS) is 32.5. The summed E-state index contributed by atoms with van der Waals surface area (Å²) in [5.74, 6) is 0.360. The van der Waals surface area contributed by atoms with E-state index in [0.717, 1.165) is 12.8 Å². The fraction of sp³-hybridized carbons (Fsp3) is 0.412. The van der Waals surface area contributed by atoms with Crippen molar-refractivity contribution in [2.45, 2.75) is 12.8 Å². The third-order valence-corrected chi connectivity index (χ3v) is 5.45. The molecule has 1 aromatic rings. The van der Waals surface area contributed by atoms with Crippen LogP contribution in [0.2, 0.25) is 5.02 Å². The number of hydrogen-bond donors (Lipinski definition) is 0. The first-order chi connectivity index (χ1) is 10.6. The fourth-order valence-corrected chi connectivity index (χ4v) is 4.37. The van der Waals surface area contributed by atoms with Crippen molar-refractivity contribution in [3.63, 3.8) is 0 Å². The minimum atomic E-state index is -0.197. The van der Waals surface area contributed by atoms with Crippen molar-refractivity contribution in [2.24, 2.45) is 23.7 Å². The molecule has 0 radical (unpaired) electrons. The summed E-state index contributed by atoms with van der Waals surface area (Å²) >= 11 is 6.14. The molecule has 114 valence electrons.